The first kappa shape index (κ1) is 16.8. The zero-order chi connectivity index (χ0) is 17.9. The third kappa shape index (κ3) is 3.77. The maximum atomic E-state index is 10.7. The van der Waals surface area contributed by atoms with E-state index in [1.165, 1.54) is 29.8 Å². The van der Waals surface area contributed by atoms with Gasteiger partial charge in [0.15, 0.2) is 0 Å². The Bertz CT molecular complexity index is 917. The normalized spacial score (nSPS) is 14.5. The van der Waals surface area contributed by atoms with Gasteiger partial charge in [-0.25, -0.2) is 9.78 Å². The van der Waals surface area contributed by atoms with Crippen LogP contribution in [0.2, 0.25) is 0 Å². The average Bonchev–Trinajstić information content (AvgIpc) is 3.04. The molecule has 0 saturated carbocycles. The van der Waals surface area contributed by atoms with Gasteiger partial charge in [-0.2, -0.15) is 0 Å². The fourth-order valence-electron chi connectivity index (χ4n) is 3.22. The minimum Gasteiger partial charge on any atom is -0.465 e. The number of piperidine rings is 1. The number of nitrogens with one attached hydrogen (secondary N) is 2. The van der Waals surface area contributed by atoms with Crippen molar-refractivity contribution in [3.05, 3.63) is 42.5 Å². The van der Waals surface area contributed by atoms with Gasteiger partial charge in [-0.1, -0.05) is 11.8 Å². The number of amides is 1. The minimum atomic E-state index is -1.13. The molecule has 0 aliphatic carbocycles. The van der Waals surface area contributed by atoms with Gasteiger partial charge in [0.1, 0.15) is 0 Å². The summed E-state index contributed by atoms with van der Waals surface area (Å²) in [4.78, 5) is 22.6. The molecular weight excluding hydrogens is 348 g/mol. The van der Waals surface area contributed by atoms with Crippen LogP contribution in [0.4, 0.5) is 16.4 Å². The van der Waals surface area contributed by atoms with Gasteiger partial charge in [0, 0.05) is 28.6 Å². The summed E-state index contributed by atoms with van der Waals surface area (Å²) < 4.78 is 0. The van der Waals surface area contributed by atoms with Gasteiger partial charge in [-0.15, -0.1) is 0 Å². The lowest BCUT2D eigenvalue weighted by molar-refractivity contribution is 0.209. The number of carbonyl (C=O) groups is 1. The van der Waals surface area contributed by atoms with Crippen LogP contribution in [0, 0.1) is 0 Å². The van der Waals surface area contributed by atoms with Gasteiger partial charge in [-0.05, 0) is 61.7 Å². The summed E-state index contributed by atoms with van der Waals surface area (Å²) in [6, 6.07) is 14.6. The summed E-state index contributed by atoms with van der Waals surface area (Å²) in [7, 11) is 0. The lowest BCUT2D eigenvalue weighted by Crippen LogP contribution is -2.29. The Morgan fingerprint density at radius 3 is 2.54 bits per heavy atom. The first-order valence-electron chi connectivity index (χ1n) is 8.70. The van der Waals surface area contributed by atoms with Crippen LogP contribution in [0.1, 0.15) is 19.3 Å². The molecule has 1 amide bonds. The number of benzene rings is 2. The Morgan fingerprint density at radius 1 is 1.08 bits per heavy atom. The highest BCUT2D eigenvalue weighted by molar-refractivity contribution is 7.99. The van der Waals surface area contributed by atoms with Gasteiger partial charge < -0.3 is 15.0 Å². The SMILES string of the molecule is O=C(O)Nc1nc2cc(Sc3ccc(N4CCCCC4)cc3)ccc2[nH]1. The van der Waals surface area contributed by atoms with E-state index in [1.807, 2.05) is 18.2 Å². The highest BCUT2D eigenvalue weighted by Crippen LogP contribution is 2.31. The number of anilines is 2. The molecule has 1 saturated heterocycles. The van der Waals surface area contributed by atoms with Crippen molar-refractivity contribution >= 4 is 40.5 Å². The molecule has 1 aliphatic heterocycles. The summed E-state index contributed by atoms with van der Waals surface area (Å²) in [5, 5.41) is 11.0. The number of H-pyrrole nitrogens is 1. The van der Waals surface area contributed by atoms with E-state index in [2.05, 4.69) is 44.5 Å². The smallest absolute Gasteiger partial charge is 0.411 e. The lowest BCUT2D eigenvalue weighted by atomic mass is 10.1. The predicted octanol–water partition coefficient (Wildman–Crippen LogP) is 4.79. The largest absolute Gasteiger partial charge is 0.465 e. The molecule has 3 aromatic rings. The maximum Gasteiger partial charge on any atom is 0.411 e. The fraction of sp³-hybridized carbons (Fsp3) is 0.263. The van der Waals surface area contributed by atoms with E-state index in [0.717, 1.165) is 29.0 Å². The molecular formula is C19H20N4O2S. The van der Waals surface area contributed by atoms with E-state index in [0.29, 0.717) is 0 Å². The van der Waals surface area contributed by atoms with Crippen LogP contribution in [0.25, 0.3) is 11.0 Å². The van der Waals surface area contributed by atoms with Crippen LogP contribution in [-0.4, -0.2) is 34.3 Å². The molecule has 134 valence electrons. The fourth-order valence-corrected chi connectivity index (χ4v) is 4.07. The number of nitrogens with zero attached hydrogens (tertiary/aromatic N) is 2. The number of rotatable bonds is 4. The summed E-state index contributed by atoms with van der Waals surface area (Å²) in [6.07, 6.45) is 2.76. The van der Waals surface area contributed by atoms with E-state index in [4.69, 9.17) is 5.11 Å². The number of hydrogen-bond donors (Lipinski definition) is 3. The highest BCUT2D eigenvalue weighted by atomic mass is 32.2. The molecule has 26 heavy (non-hydrogen) atoms. The van der Waals surface area contributed by atoms with Gasteiger partial charge in [-0.3, -0.25) is 5.32 Å². The molecule has 2 aromatic carbocycles. The van der Waals surface area contributed by atoms with Crippen molar-refractivity contribution in [3.8, 4) is 0 Å². The zero-order valence-corrected chi connectivity index (χ0v) is 15.1. The van der Waals surface area contributed by atoms with E-state index in [-0.39, 0.29) is 5.95 Å². The molecule has 6 nitrogen and oxygen atoms in total. The van der Waals surface area contributed by atoms with Crippen LogP contribution in [-0.2, 0) is 0 Å². The van der Waals surface area contributed by atoms with Crippen LogP contribution >= 0.6 is 11.8 Å². The first-order valence-corrected chi connectivity index (χ1v) is 9.52. The molecule has 2 heterocycles. The van der Waals surface area contributed by atoms with E-state index in [9.17, 15) is 4.79 Å². The molecule has 7 heteroatoms. The van der Waals surface area contributed by atoms with Crippen molar-refractivity contribution in [2.45, 2.75) is 29.1 Å². The van der Waals surface area contributed by atoms with Crippen molar-refractivity contribution in [2.24, 2.45) is 0 Å². The van der Waals surface area contributed by atoms with Crippen molar-refractivity contribution in [1.29, 1.82) is 0 Å². The molecule has 0 radical (unpaired) electrons. The van der Waals surface area contributed by atoms with Gasteiger partial charge in [0.25, 0.3) is 0 Å². The zero-order valence-electron chi connectivity index (χ0n) is 14.2. The molecule has 4 rings (SSSR count). The van der Waals surface area contributed by atoms with Crippen molar-refractivity contribution in [3.63, 3.8) is 0 Å². The summed E-state index contributed by atoms with van der Waals surface area (Å²) in [5.74, 6) is 0.237. The summed E-state index contributed by atoms with van der Waals surface area (Å²) in [5.41, 5.74) is 2.84. The number of carboxylic acid groups (broad SMARTS) is 1. The molecule has 1 aromatic heterocycles. The third-order valence-electron chi connectivity index (χ3n) is 4.47. The molecule has 0 spiro atoms. The second kappa shape index (κ2) is 7.29. The maximum absolute atomic E-state index is 10.7. The summed E-state index contributed by atoms with van der Waals surface area (Å²) >= 11 is 1.67. The molecule has 0 unspecified atom stereocenters. The van der Waals surface area contributed by atoms with E-state index in [1.54, 1.807) is 11.8 Å². The minimum absolute atomic E-state index is 0.237. The monoisotopic (exact) mass is 368 g/mol. The Morgan fingerprint density at radius 2 is 1.81 bits per heavy atom. The van der Waals surface area contributed by atoms with Crippen molar-refractivity contribution < 1.29 is 9.90 Å². The molecule has 1 fully saturated rings. The van der Waals surface area contributed by atoms with Crippen LogP contribution in [0.3, 0.4) is 0 Å². The average molecular weight is 368 g/mol. The number of imidazole rings is 1. The number of aromatic nitrogens is 2. The predicted molar refractivity (Wildman–Crippen MR) is 104 cm³/mol. The van der Waals surface area contributed by atoms with Gasteiger partial charge in [0.2, 0.25) is 5.95 Å². The van der Waals surface area contributed by atoms with Crippen LogP contribution < -0.4 is 10.2 Å². The van der Waals surface area contributed by atoms with E-state index < -0.39 is 6.09 Å². The number of hydrogen-bond acceptors (Lipinski definition) is 4. The van der Waals surface area contributed by atoms with Crippen molar-refractivity contribution in [1.82, 2.24) is 9.97 Å². The first-order chi connectivity index (χ1) is 12.7. The summed E-state index contributed by atoms with van der Waals surface area (Å²) in [6.45, 7) is 2.30. The topological polar surface area (TPSA) is 81.2 Å². The van der Waals surface area contributed by atoms with E-state index >= 15 is 0 Å². The lowest BCUT2D eigenvalue weighted by Gasteiger charge is -2.28. The Kier molecular flexibility index (Phi) is 4.71. The van der Waals surface area contributed by atoms with Crippen LogP contribution in [0.15, 0.2) is 52.3 Å². The second-order valence-electron chi connectivity index (χ2n) is 6.34. The quantitative estimate of drug-likeness (QED) is 0.617. The molecule has 0 atom stereocenters. The molecule has 0 bridgehead atoms. The Labute approximate surface area is 155 Å². The molecule has 3 N–H and O–H groups in total. The van der Waals surface area contributed by atoms with Crippen LogP contribution in [0.5, 0.6) is 0 Å². The van der Waals surface area contributed by atoms with Gasteiger partial charge >= 0.3 is 6.09 Å². The standard InChI is InChI=1S/C19H20N4O2S/c24-19(25)22-18-20-16-9-8-15(12-17(16)21-18)26-14-6-4-13(5-7-14)23-10-2-1-3-11-23/h4-9,12H,1-3,10-11H2,(H,24,25)(H2,20,21,22). The van der Waals surface area contributed by atoms with Gasteiger partial charge in [0.05, 0.1) is 11.0 Å². The number of aromatic amines is 1. The van der Waals surface area contributed by atoms with Crippen molar-refractivity contribution in [2.75, 3.05) is 23.3 Å². The highest BCUT2D eigenvalue weighted by Gasteiger charge is 2.11. The second-order valence-corrected chi connectivity index (χ2v) is 7.49. The molecule has 1 aliphatic rings. The number of fused-ring (bicyclic) bond motifs is 1. The Balaban J connectivity index is 1.48. The Hall–Kier alpha value is -2.67. The third-order valence-corrected chi connectivity index (χ3v) is 5.47.